The van der Waals surface area contributed by atoms with E-state index < -0.39 is 0 Å². The summed E-state index contributed by atoms with van der Waals surface area (Å²) in [6, 6.07) is 15.2. The molecule has 0 aliphatic heterocycles. The monoisotopic (exact) mass is 309 g/mol. The second-order valence-electron chi connectivity index (χ2n) is 5.00. The molecule has 0 unspecified atom stereocenters. The van der Waals surface area contributed by atoms with Crippen LogP contribution in [0.5, 0.6) is 5.75 Å². The van der Waals surface area contributed by atoms with Crippen molar-refractivity contribution >= 4 is 5.69 Å². The minimum absolute atomic E-state index is 0.297. The average Bonchev–Trinajstić information content (AvgIpc) is 2.59. The number of para-hydroxylation sites is 1. The van der Waals surface area contributed by atoms with Gasteiger partial charge in [-0.15, -0.1) is 0 Å². The number of rotatable bonds is 6. The van der Waals surface area contributed by atoms with Crippen molar-refractivity contribution in [1.29, 1.82) is 10.5 Å². The Labute approximate surface area is 135 Å². The fourth-order valence-electron chi connectivity index (χ4n) is 2.27. The van der Waals surface area contributed by atoms with Crippen molar-refractivity contribution in [2.75, 3.05) is 25.1 Å². The Morgan fingerprint density at radius 1 is 1.04 bits per heavy atom. The van der Waals surface area contributed by atoms with Gasteiger partial charge in [0.05, 0.1) is 23.4 Å². The summed E-state index contributed by atoms with van der Waals surface area (Å²) >= 11 is 0. The lowest BCUT2D eigenvalue weighted by Crippen LogP contribution is -2.22. The Balaban J connectivity index is 1.93. The molecule has 0 saturated heterocycles. The maximum absolute atomic E-state index is 12.8. The molecule has 0 aliphatic rings. The van der Waals surface area contributed by atoms with Crippen molar-refractivity contribution < 1.29 is 9.13 Å². The van der Waals surface area contributed by atoms with Gasteiger partial charge in [-0.3, -0.25) is 0 Å². The summed E-state index contributed by atoms with van der Waals surface area (Å²) < 4.78 is 18.3. The fraction of sp³-hybridized carbons (Fsp3) is 0.222. The maximum atomic E-state index is 12.8. The topological polar surface area (TPSA) is 60.0 Å². The molecule has 0 heterocycles. The van der Waals surface area contributed by atoms with E-state index >= 15 is 0 Å². The van der Waals surface area contributed by atoms with Gasteiger partial charge in [-0.2, -0.15) is 10.5 Å². The summed E-state index contributed by atoms with van der Waals surface area (Å²) in [7, 11) is 1.84. The first-order valence-electron chi connectivity index (χ1n) is 7.18. The zero-order valence-electron chi connectivity index (χ0n) is 12.8. The van der Waals surface area contributed by atoms with Crippen LogP contribution in [0.15, 0.2) is 42.5 Å². The van der Waals surface area contributed by atoms with Crippen molar-refractivity contribution in [2.24, 2.45) is 0 Å². The molecule has 0 N–H and O–H groups in total. The fourth-order valence-corrected chi connectivity index (χ4v) is 2.27. The van der Waals surface area contributed by atoms with Crippen LogP contribution in [0.1, 0.15) is 17.5 Å². The first-order chi connectivity index (χ1) is 11.2. The Morgan fingerprint density at radius 2 is 1.65 bits per heavy atom. The molecule has 0 fully saturated rings. The predicted octanol–water partition coefficient (Wildman–Crippen LogP) is 3.47. The highest BCUT2D eigenvalue weighted by molar-refractivity contribution is 5.67. The third-order valence-corrected chi connectivity index (χ3v) is 3.38. The smallest absolute Gasteiger partial charge is 0.123 e. The molecule has 5 heteroatoms. The first kappa shape index (κ1) is 16.3. The van der Waals surface area contributed by atoms with Gasteiger partial charge in [0.1, 0.15) is 23.7 Å². The van der Waals surface area contributed by atoms with Crippen LogP contribution in [0.4, 0.5) is 10.1 Å². The number of benzene rings is 2. The highest BCUT2D eigenvalue weighted by Crippen LogP contribution is 2.23. The molecule has 0 atom stereocenters. The lowest BCUT2D eigenvalue weighted by atomic mass is 10.1. The number of nitrogens with zero attached hydrogens (tertiary/aromatic N) is 3. The first-order valence-corrected chi connectivity index (χ1v) is 7.18. The third-order valence-electron chi connectivity index (χ3n) is 3.38. The summed E-state index contributed by atoms with van der Waals surface area (Å²) in [5.41, 5.74) is 1.59. The van der Waals surface area contributed by atoms with Crippen molar-refractivity contribution in [2.45, 2.75) is 6.42 Å². The van der Waals surface area contributed by atoms with Crippen molar-refractivity contribution in [3.63, 3.8) is 0 Å². The molecule has 23 heavy (non-hydrogen) atoms. The molecule has 0 aliphatic carbocycles. The van der Waals surface area contributed by atoms with Crippen LogP contribution in [0.2, 0.25) is 0 Å². The molecule has 0 bridgehead atoms. The van der Waals surface area contributed by atoms with E-state index in [0.717, 1.165) is 0 Å². The van der Waals surface area contributed by atoms with E-state index in [0.29, 0.717) is 42.1 Å². The lowest BCUT2D eigenvalue weighted by Gasteiger charge is -2.21. The van der Waals surface area contributed by atoms with Crippen molar-refractivity contribution in [1.82, 2.24) is 0 Å². The van der Waals surface area contributed by atoms with E-state index in [-0.39, 0.29) is 5.82 Å². The third kappa shape index (κ3) is 4.21. The normalized spacial score (nSPS) is 9.74. The van der Waals surface area contributed by atoms with Crippen LogP contribution in [-0.2, 0) is 0 Å². The van der Waals surface area contributed by atoms with Crippen LogP contribution in [0, 0.1) is 28.5 Å². The van der Waals surface area contributed by atoms with Crippen LogP contribution >= 0.6 is 0 Å². The maximum Gasteiger partial charge on any atom is 0.123 e. The molecule has 0 saturated carbocycles. The van der Waals surface area contributed by atoms with Crippen LogP contribution in [0.3, 0.4) is 0 Å². The Hall–Kier alpha value is -3.05. The molecular weight excluding hydrogens is 293 g/mol. The number of ether oxygens (including phenoxy) is 1. The second-order valence-corrected chi connectivity index (χ2v) is 5.00. The second kappa shape index (κ2) is 7.82. The summed E-state index contributed by atoms with van der Waals surface area (Å²) in [6.45, 7) is 1.10. The van der Waals surface area contributed by atoms with Gasteiger partial charge in [-0.1, -0.05) is 6.07 Å². The van der Waals surface area contributed by atoms with Gasteiger partial charge < -0.3 is 9.64 Å². The predicted molar refractivity (Wildman–Crippen MR) is 85.7 cm³/mol. The number of nitriles is 2. The van der Waals surface area contributed by atoms with Crippen LogP contribution < -0.4 is 9.64 Å². The van der Waals surface area contributed by atoms with E-state index in [1.165, 1.54) is 12.1 Å². The summed E-state index contributed by atoms with van der Waals surface area (Å²) in [6.07, 6.45) is 0.707. The van der Waals surface area contributed by atoms with Gasteiger partial charge in [-0.05, 0) is 42.8 Å². The van der Waals surface area contributed by atoms with Gasteiger partial charge in [0.2, 0.25) is 0 Å². The molecule has 2 aromatic rings. The molecular formula is C18H16FN3O. The minimum atomic E-state index is -0.297. The quantitative estimate of drug-likeness (QED) is 0.767. The number of hydrogen-bond donors (Lipinski definition) is 0. The van der Waals surface area contributed by atoms with Crippen LogP contribution in [-0.4, -0.2) is 20.2 Å². The van der Waals surface area contributed by atoms with E-state index in [9.17, 15) is 14.9 Å². The Bertz CT molecular complexity index is 712. The van der Waals surface area contributed by atoms with Crippen molar-refractivity contribution in [3.05, 3.63) is 59.4 Å². The zero-order chi connectivity index (χ0) is 16.7. The zero-order valence-corrected chi connectivity index (χ0v) is 12.8. The SMILES string of the molecule is CN(CCCOc1ccc(F)cc1)c1c(C#N)cccc1C#N. The Morgan fingerprint density at radius 3 is 2.22 bits per heavy atom. The molecule has 2 aromatic carbocycles. The highest BCUT2D eigenvalue weighted by Gasteiger charge is 2.12. The average molecular weight is 309 g/mol. The standard InChI is InChI=1S/C18H16FN3O/c1-22(18-14(12-20)4-2-5-15(18)13-21)10-3-11-23-17-8-6-16(19)7-9-17/h2,4-9H,3,10-11H2,1H3. The van der Waals surface area contributed by atoms with E-state index in [1.54, 1.807) is 30.3 Å². The molecule has 116 valence electrons. The molecule has 2 rings (SSSR count). The van der Waals surface area contributed by atoms with Gasteiger partial charge >= 0.3 is 0 Å². The van der Waals surface area contributed by atoms with Gasteiger partial charge in [0, 0.05) is 13.6 Å². The number of anilines is 1. The van der Waals surface area contributed by atoms with Crippen LogP contribution in [0.25, 0.3) is 0 Å². The van der Waals surface area contributed by atoms with Gasteiger partial charge in [0.25, 0.3) is 0 Å². The number of halogens is 1. The molecule has 0 amide bonds. The highest BCUT2D eigenvalue weighted by atomic mass is 19.1. The number of hydrogen-bond acceptors (Lipinski definition) is 4. The molecule has 0 spiro atoms. The minimum Gasteiger partial charge on any atom is -0.494 e. The van der Waals surface area contributed by atoms with E-state index in [2.05, 4.69) is 12.1 Å². The largest absolute Gasteiger partial charge is 0.494 e. The van der Waals surface area contributed by atoms with Gasteiger partial charge in [-0.25, -0.2) is 4.39 Å². The lowest BCUT2D eigenvalue weighted by molar-refractivity contribution is 0.312. The summed E-state index contributed by atoms with van der Waals surface area (Å²) in [5.74, 6) is 0.318. The van der Waals surface area contributed by atoms with E-state index in [1.807, 2.05) is 11.9 Å². The van der Waals surface area contributed by atoms with Crippen molar-refractivity contribution in [3.8, 4) is 17.9 Å². The molecule has 4 nitrogen and oxygen atoms in total. The summed E-state index contributed by atoms with van der Waals surface area (Å²) in [4.78, 5) is 1.88. The van der Waals surface area contributed by atoms with Gasteiger partial charge in [0.15, 0.2) is 0 Å². The molecule has 0 aromatic heterocycles. The Kier molecular flexibility index (Phi) is 5.55. The summed E-state index contributed by atoms with van der Waals surface area (Å²) in [5, 5.41) is 18.4. The van der Waals surface area contributed by atoms with E-state index in [4.69, 9.17) is 4.74 Å². The molecule has 0 radical (unpaired) electrons.